The van der Waals surface area contributed by atoms with Gasteiger partial charge in [0.05, 0.1) is 12.2 Å². The Hall–Kier alpha value is -1.44. The first kappa shape index (κ1) is 17.4. The number of fused-ring (bicyclic) bond motifs is 1. The van der Waals surface area contributed by atoms with E-state index in [0.29, 0.717) is 51.3 Å². The second-order valence-electron chi connectivity index (χ2n) is 6.17. The molecular weight excluding hydrogens is 330 g/mol. The van der Waals surface area contributed by atoms with E-state index in [0.717, 1.165) is 16.4 Å². The normalized spacial score (nSPS) is 19.2. The lowest BCUT2D eigenvalue weighted by molar-refractivity contribution is -0.136. The highest BCUT2D eigenvalue weighted by Crippen LogP contribution is 2.34. The van der Waals surface area contributed by atoms with Crippen molar-refractivity contribution < 1.29 is 24.5 Å². The lowest BCUT2D eigenvalue weighted by Crippen LogP contribution is -2.48. The third-order valence-electron chi connectivity index (χ3n) is 4.44. The molecule has 0 aliphatic carbocycles. The van der Waals surface area contributed by atoms with Crippen molar-refractivity contribution >= 4 is 17.7 Å². The van der Waals surface area contributed by atoms with Crippen LogP contribution in [0, 0.1) is 0 Å². The Morgan fingerprint density at radius 2 is 1.92 bits per heavy atom. The maximum absolute atomic E-state index is 12.2. The van der Waals surface area contributed by atoms with Crippen molar-refractivity contribution in [3.8, 4) is 11.5 Å². The molecule has 1 amide bonds. The molecule has 0 saturated carbocycles. The van der Waals surface area contributed by atoms with Gasteiger partial charge in [0.25, 0.3) is 0 Å². The number of hydrogen-bond donors (Lipinski definition) is 2. The van der Waals surface area contributed by atoms with Crippen molar-refractivity contribution in [2.75, 3.05) is 38.7 Å². The van der Waals surface area contributed by atoms with Crippen LogP contribution >= 0.6 is 11.8 Å². The van der Waals surface area contributed by atoms with Crippen LogP contribution in [-0.2, 0) is 4.79 Å². The van der Waals surface area contributed by atoms with Gasteiger partial charge in [0.15, 0.2) is 11.5 Å². The van der Waals surface area contributed by atoms with Crippen LogP contribution in [0.4, 0.5) is 0 Å². The van der Waals surface area contributed by atoms with Gasteiger partial charge in [0, 0.05) is 30.2 Å². The van der Waals surface area contributed by atoms with E-state index in [-0.39, 0.29) is 12.5 Å². The van der Waals surface area contributed by atoms with E-state index in [9.17, 15) is 9.90 Å². The summed E-state index contributed by atoms with van der Waals surface area (Å²) in [6.45, 7) is 1.91. The number of aliphatic hydroxyl groups excluding tert-OH is 1. The minimum atomic E-state index is -1.02. The summed E-state index contributed by atoms with van der Waals surface area (Å²) >= 11 is 1.62. The lowest BCUT2D eigenvalue weighted by Gasteiger charge is -2.37. The maximum Gasteiger partial charge on any atom is 0.223 e. The van der Waals surface area contributed by atoms with Crippen molar-refractivity contribution in [1.82, 2.24) is 4.90 Å². The van der Waals surface area contributed by atoms with E-state index in [1.165, 1.54) is 0 Å². The number of nitrogens with zero attached hydrogens (tertiary/aromatic N) is 1. The standard InChI is InChI=1S/C17H23NO5S/c19-12-17(21)4-6-18(7-5-17)16(20)3-10-24-13-1-2-14-15(11-13)23-9-8-22-14/h1-2,11,19,21H,3-10,12H2. The smallest absolute Gasteiger partial charge is 0.223 e. The third kappa shape index (κ3) is 4.15. The van der Waals surface area contributed by atoms with E-state index in [2.05, 4.69) is 0 Å². The summed E-state index contributed by atoms with van der Waals surface area (Å²) in [5.74, 6) is 2.32. The number of hydrogen-bond acceptors (Lipinski definition) is 6. The fraction of sp³-hybridized carbons (Fsp3) is 0.588. The molecule has 0 spiro atoms. The Labute approximate surface area is 145 Å². The number of thioether (sulfide) groups is 1. The number of ether oxygens (including phenoxy) is 2. The Balaban J connectivity index is 1.44. The summed E-state index contributed by atoms with van der Waals surface area (Å²) in [5, 5.41) is 19.1. The van der Waals surface area contributed by atoms with E-state index >= 15 is 0 Å². The first-order valence-corrected chi connectivity index (χ1v) is 9.22. The van der Waals surface area contributed by atoms with Gasteiger partial charge in [0.2, 0.25) is 5.91 Å². The number of piperidine rings is 1. The molecule has 132 valence electrons. The van der Waals surface area contributed by atoms with Gasteiger partial charge in [-0.15, -0.1) is 11.8 Å². The van der Waals surface area contributed by atoms with Crippen LogP contribution in [-0.4, -0.2) is 65.3 Å². The fourth-order valence-corrected chi connectivity index (χ4v) is 3.73. The Morgan fingerprint density at radius 1 is 1.21 bits per heavy atom. The van der Waals surface area contributed by atoms with Crippen molar-refractivity contribution in [2.24, 2.45) is 0 Å². The summed E-state index contributed by atoms with van der Waals surface area (Å²) < 4.78 is 11.1. The molecule has 2 N–H and O–H groups in total. The molecule has 2 aliphatic heterocycles. The van der Waals surface area contributed by atoms with Crippen molar-refractivity contribution in [1.29, 1.82) is 0 Å². The Kier molecular flexibility index (Phi) is 5.53. The van der Waals surface area contributed by atoms with Crippen LogP contribution in [0.25, 0.3) is 0 Å². The van der Waals surface area contributed by atoms with Crippen molar-refractivity contribution in [3.05, 3.63) is 18.2 Å². The second kappa shape index (κ2) is 7.63. The first-order chi connectivity index (χ1) is 11.6. The Morgan fingerprint density at radius 3 is 2.62 bits per heavy atom. The highest BCUT2D eigenvalue weighted by atomic mass is 32.2. The van der Waals surface area contributed by atoms with Crippen LogP contribution in [0.15, 0.2) is 23.1 Å². The van der Waals surface area contributed by atoms with Gasteiger partial charge in [-0.25, -0.2) is 0 Å². The van der Waals surface area contributed by atoms with E-state index in [4.69, 9.17) is 14.6 Å². The number of aliphatic hydroxyl groups is 2. The highest BCUT2D eigenvalue weighted by molar-refractivity contribution is 7.99. The minimum Gasteiger partial charge on any atom is -0.486 e. The molecule has 0 atom stereocenters. The van der Waals surface area contributed by atoms with Gasteiger partial charge in [-0.1, -0.05) is 0 Å². The van der Waals surface area contributed by atoms with E-state index in [1.807, 2.05) is 18.2 Å². The number of benzene rings is 1. The third-order valence-corrected chi connectivity index (χ3v) is 5.43. The summed E-state index contributed by atoms with van der Waals surface area (Å²) in [6, 6.07) is 5.83. The van der Waals surface area contributed by atoms with Gasteiger partial charge >= 0.3 is 0 Å². The van der Waals surface area contributed by atoms with E-state index < -0.39 is 5.60 Å². The fourth-order valence-electron chi connectivity index (χ4n) is 2.86. The monoisotopic (exact) mass is 353 g/mol. The molecule has 0 aromatic heterocycles. The molecule has 1 aromatic carbocycles. The summed E-state index contributed by atoms with van der Waals surface area (Å²) in [5.41, 5.74) is -1.02. The van der Waals surface area contributed by atoms with Crippen molar-refractivity contribution in [2.45, 2.75) is 29.8 Å². The van der Waals surface area contributed by atoms with Crippen LogP contribution in [0.3, 0.4) is 0 Å². The van der Waals surface area contributed by atoms with Gasteiger partial charge in [-0.05, 0) is 31.0 Å². The average molecular weight is 353 g/mol. The molecule has 6 nitrogen and oxygen atoms in total. The molecule has 2 heterocycles. The summed E-state index contributed by atoms with van der Waals surface area (Å²) in [4.78, 5) is 15.1. The molecule has 0 unspecified atom stereocenters. The second-order valence-corrected chi connectivity index (χ2v) is 7.34. The predicted octanol–water partition coefficient (Wildman–Crippen LogP) is 1.29. The summed E-state index contributed by atoms with van der Waals surface area (Å²) in [6.07, 6.45) is 1.33. The van der Waals surface area contributed by atoms with Gasteiger partial charge in [0.1, 0.15) is 13.2 Å². The number of carbonyl (C=O) groups excluding carboxylic acids is 1. The topological polar surface area (TPSA) is 79.2 Å². The molecule has 2 aliphatic rings. The number of carbonyl (C=O) groups is 1. The molecular formula is C17H23NO5S. The van der Waals surface area contributed by atoms with E-state index in [1.54, 1.807) is 16.7 Å². The zero-order valence-corrected chi connectivity index (χ0v) is 14.4. The molecule has 7 heteroatoms. The summed E-state index contributed by atoms with van der Waals surface area (Å²) in [7, 11) is 0. The molecule has 1 saturated heterocycles. The largest absolute Gasteiger partial charge is 0.486 e. The SMILES string of the molecule is O=C(CCSc1ccc2c(c1)OCCO2)N1CCC(O)(CO)CC1. The van der Waals surface area contributed by atoms with Crippen molar-refractivity contribution in [3.63, 3.8) is 0 Å². The molecule has 3 rings (SSSR count). The highest BCUT2D eigenvalue weighted by Gasteiger charge is 2.32. The molecule has 0 bridgehead atoms. The number of rotatable bonds is 5. The van der Waals surface area contributed by atoms with Crippen LogP contribution < -0.4 is 9.47 Å². The molecule has 1 aromatic rings. The van der Waals surface area contributed by atoms with Crippen LogP contribution in [0.1, 0.15) is 19.3 Å². The molecule has 24 heavy (non-hydrogen) atoms. The van der Waals surface area contributed by atoms with Gasteiger partial charge < -0.3 is 24.6 Å². The minimum absolute atomic E-state index is 0.0973. The lowest BCUT2D eigenvalue weighted by atomic mass is 9.92. The molecule has 0 radical (unpaired) electrons. The zero-order chi connectivity index (χ0) is 17.0. The average Bonchev–Trinajstić information content (AvgIpc) is 2.62. The number of likely N-dealkylation sites (tertiary alicyclic amines) is 1. The zero-order valence-electron chi connectivity index (χ0n) is 13.6. The van der Waals surface area contributed by atoms with Gasteiger partial charge in [-0.3, -0.25) is 4.79 Å². The molecule has 1 fully saturated rings. The van der Waals surface area contributed by atoms with Crippen LogP contribution in [0.5, 0.6) is 11.5 Å². The van der Waals surface area contributed by atoms with Crippen LogP contribution in [0.2, 0.25) is 0 Å². The number of amides is 1. The maximum atomic E-state index is 12.2. The first-order valence-electron chi connectivity index (χ1n) is 8.23. The van der Waals surface area contributed by atoms with Gasteiger partial charge in [-0.2, -0.15) is 0 Å². The quantitative estimate of drug-likeness (QED) is 0.777. The predicted molar refractivity (Wildman–Crippen MR) is 90.6 cm³/mol. The Bertz CT molecular complexity index is 586.